The SMILES string of the molecule is CCNc1nc(Nc2cc(F)ccc2F)nc(OCC)n1. The topological polar surface area (TPSA) is 72.0 Å². The number of ether oxygens (including phenoxy) is 1. The molecule has 1 heterocycles. The van der Waals surface area contributed by atoms with Crippen LogP contribution in [-0.2, 0) is 0 Å². The monoisotopic (exact) mass is 295 g/mol. The minimum atomic E-state index is -0.611. The Hall–Kier alpha value is -2.51. The van der Waals surface area contributed by atoms with Gasteiger partial charge in [-0.05, 0) is 26.0 Å². The van der Waals surface area contributed by atoms with Crippen LogP contribution in [0, 0.1) is 11.6 Å². The predicted molar refractivity (Wildman–Crippen MR) is 74.8 cm³/mol. The summed E-state index contributed by atoms with van der Waals surface area (Å²) in [7, 11) is 0. The highest BCUT2D eigenvalue weighted by Gasteiger charge is 2.10. The van der Waals surface area contributed by atoms with Gasteiger partial charge in [0.1, 0.15) is 11.6 Å². The van der Waals surface area contributed by atoms with Gasteiger partial charge in [0, 0.05) is 12.6 Å². The van der Waals surface area contributed by atoms with E-state index in [2.05, 4.69) is 25.6 Å². The van der Waals surface area contributed by atoms with Crippen LogP contribution in [0.5, 0.6) is 6.01 Å². The van der Waals surface area contributed by atoms with Crippen LogP contribution in [0.2, 0.25) is 0 Å². The summed E-state index contributed by atoms with van der Waals surface area (Å²) >= 11 is 0. The average Bonchev–Trinajstić information content (AvgIpc) is 2.43. The molecule has 0 radical (unpaired) electrons. The van der Waals surface area contributed by atoms with Gasteiger partial charge in [-0.2, -0.15) is 15.0 Å². The predicted octanol–water partition coefficient (Wildman–Crippen LogP) is 2.72. The summed E-state index contributed by atoms with van der Waals surface area (Å²) in [6.07, 6.45) is 0. The number of hydrogen-bond donors (Lipinski definition) is 2. The highest BCUT2D eigenvalue weighted by atomic mass is 19.1. The van der Waals surface area contributed by atoms with Gasteiger partial charge in [0.15, 0.2) is 0 Å². The fourth-order valence-corrected chi connectivity index (χ4v) is 1.56. The van der Waals surface area contributed by atoms with Crippen LogP contribution in [0.15, 0.2) is 18.2 Å². The molecule has 2 N–H and O–H groups in total. The van der Waals surface area contributed by atoms with E-state index in [1.54, 1.807) is 6.92 Å². The highest BCUT2D eigenvalue weighted by Crippen LogP contribution is 2.20. The Morgan fingerprint density at radius 2 is 1.86 bits per heavy atom. The van der Waals surface area contributed by atoms with Crippen molar-refractivity contribution in [3.05, 3.63) is 29.8 Å². The average molecular weight is 295 g/mol. The molecular weight excluding hydrogens is 280 g/mol. The van der Waals surface area contributed by atoms with Crippen molar-refractivity contribution in [3.8, 4) is 6.01 Å². The van der Waals surface area contributed by atoms with Crippen molar-refractivity contribution in [2.75, 3.05) is 23.8 Å². The lowest BCUT2D eigenvalue weighted by Crippen LogP contribution is -2.09. The van der Waals surface area contributed by atoms with E-state index < -0.39 is 11.6 Å². The molecule has 1 aromatic carbocycles. The van der Waals surface area contributed by atoms with Gasteiger partial charge in [0.2, 0.25) is 11.9 Å². The van der Waals surface area contributed by atoms with Crippen LogP contribution < -0.4 is 15.4 Å². The summed E-state index contributed by atoms with van der Waals surface area (Å²) in [6.45, 7) is 4.65. The lowest BCUT2D eigenvalue weighted by Gasteiger charge is -2.10. The van der Waals surface area contributed by atoms with E-state index in [4.69, 9.17) is 4.74 Å². The molecule has 1 aromatic heterocycles. The second-order valence-corrected chi connectivity index (χ2v) is 3.98. The first kappa shape index (κ1) is 14.9. The minimum Gasteiger partial charge on any atom is -0.464 e. The van der Waals surface area contributed by atoms with Crippen LogP contribution in [-0.4, -0.2) is 28.1 Å². The fraction of sp³-hybridized carbons (Fsp3) is 0.308. The summed E-state index contributed by atoms with van der Waals surface area (Å²) in [6, 6.07) is 3.17. The molecule has 21 heavy (non-hydrogen) atoms. The van der Waals surface area contributed by atoms with Crippen molar-refractivity contribution in [1.82, 2.24) is 15.0 Å². The number of nitrogens with one attached hydrogen (secondary N) is 2. The molecule has 0 unspecified atom stereocenters. The number of anilines is 3. The normalized spacial score (nSPS) is 10.3. The molecule has 0 spiro atoms. The zero-order chi connectivity index (χ0) is 15.2. The molecular formula is C13H15F2N5O. The van der Waals surface area contributed by atoms with Gasteiger partial charge in [0.05, 0.1) is 12.3 Å². The fourth-order valence-electron chi connectivity index (χ4n) is 1.56. The Labute approximate surface area is 120 Å². The van der Waals surface area contributed by atoms with Gasteiger partial charge in [0.25, 0.3) is 0 Å². The Balaban J connectivity index is 2.31. The third kappa shape index (κ3) is 3.98. The van der Waals surface area contributed by atoms with E-state index >= 15 is 0 Å². The Bertz CT molecular complexity index is 599. The molecule has 0 fully saturated rings. The Kier molecular flexibility index (Phi) is 4.81. The first-order valence-electron chi connectivity index (χ1n) is 6.47. The number of rotatable bonds is 6. The molecule has 0 aliphatic heterocycles. The first-order chi connectivity index (χ1) is 10.1. The van der Waals surface area contributed by atoms with Crippen LogP contribution in [0.1, 0.15) is 13.8 Å². The number of aromatic nitrogens is 3. The zero-order valence-electron chi connectivity index (χ0n) is 11.7. The summed E-state index contributed by atoms with van der Waals surface area (Å²) in [5, 5.41) is 5.52. The quantitative estimate of drug-likeness (QED) is 0.853. The number of nitrogens with zero attached hydrogens (tertiary/aromatic N) is 3. The van der Waals surface area contributed by atoms with E-state index in [9.17, 15) is 8.78 Å². The maximum Gasteiger partial charge on any atom is 0.323 e. The van der Waals surface area contributed by atoms with E-state index in [0.29, 0.717) is 13.2 Å². The van der Waals surface area contributed by atoms with Gasteiger partial charge in [-0.3, -0.25) is 0 Å². The number of halogens is 2. The van der Waals surface area contributed by atoms with Crippen LogP contribution >= 0.6 is 0 Å². The molecule has 2 rings (SSSR count). The Morgan fingerprint density at radius 3 is 2.57 bits per heavy atom. The van der Waals surface area contributed by atoms with Crippen molar-refractivity contribution in [1.29, 1.82) is 0 Å². The smallest absolute Gasteiger partial charge is 0.323 e. The van der Waals surface area contributed by atoms with E-state index in [-0.39, 0.29) is 23.6 Å². The highest BCUT2D eigenvalue weighted by molar-refractivity contribution is 5.55. The van der Waals surface area contributed by atoms with Gasteiger partial charge < -0.3 is 15.4 Å². The summed E-state index contributed by atoms with van der Waals surface area (Å²) in [5.74, 6) is -0.825. The molecule has 112 valence electrons. The summed E-state index contributed by atoms with van der Waals surface area (Å²) in [5.41, 5.74) is -0.0638. The molecule has 0 atom stereocenters. The Morgan fingerprint density at radius 1 is 1.10 bits per heavy atom. The molecule has 0 saturated heterocycles. The van der Waals surface area contributed by atoms with Gasteiger partial charge in [-0.1, -0.05) is 0 Å². The molecule has 0 aliphatic rings. The second-order valence-electron chi connectivity index (χ2n) is 3.98. The third-order valence-corrected chi connectivity index (χ3v) is 2.40. The minimum absolute atomic E-state index is 0.0638. The molecule has 2 aromatic rings. The molecule has 0 saturated carbocycles. The van der Waals surface area contributed by atoms with Crippen molar-refractivity contribution >= 4 is 17.6 Å². The largest absolute Gasteiger partial charge is 0.464 e. The lowest BCUT2D eigenvalue weighted by molar-refractivity contribution is 0.312. The van der Waals surface area contributed by atoms with Gasteiger partial charge in [-0.25, -0.2) is 8.78 Å². The number of hydrogen-bond acceptors (Lipinski definition) is 6. The summed E-state index contributed by atoms with van der Waals surface area (Å²) in [4.78, 5) is 12.1. The second kappa shape index (κ2) is 6.78. The van der Waals surface area contributed by atoms with E-state index in [0.717, 1.165) is 18.2 Å². The van der Waals surface area contributed by atoms with Crippen molar-refractivity contribution in [2.45, 2.75) is 13.8 Å². The van der Waals surface area contributed by atoms with Crippen molar-refractivity contribution in [2.24, 2.45) is 0 Å². The van der Waals surface area contributed by atoms with Crippen LogP contribution in [0.3, 0.4) is 0 Å². The van der Waals surface area contributed by atoms with Crippen molar-refractivity contribution in [3.63, 3.8) is 0 Å². The molecule has 0 bridgehead atoms. The number of benzene rings is 1. The van der Waals surface area contributed by atoms with E-state index in [1.165, 1.54) is 0 Å². The molecule has 0 aliphatic carbocycles. The van der Waals surface area contributed by atoms with Gasteiger partial charge in [-0.15, -0.1) is 0 Å². The maximum absolute atomic E-state index is 13.6. The third-order valence-electron chi connectivity index (χ3n) is 2.40. The lowest BCUT2D eigenvalue weighted by atomic mass is 10.3. The maximum atomic E-state index is 13.6. The van der Waals surface area contributed by atoms with Crippen molar-refractivity contribution < 1.29 is 13.5 Å². The molecule has 6 nitrogen and oxygen atoms in total. The standard InChI is InChI=1S/C13H15F2N5O/c1-3-16-11-18-12(20-13(19-11)21-4-2)17-10-7-8(14)5-6-9(10)15/h5-7H,3-4H2,1-2H3,(H2,16,17,18,19,20). The van der Waals surface area contributed by atoms with E-state index in [1.807, 2.05) is 6.92 Å². The first-order valence-corrected chi connectivity index (χ1v) is 6.47. The summed E-state index contributed by atoms with van der Waals surface area (Å²) < 4.78 is 32.0. The molecule has 0 amide bonds. The van der Waals surface area contributed by atoms with Crippen LogP contribution in [0.4, 0.5) is 26.4 Å². The molecule has 8 heteroatoms. The zero-order valence-corrected chi connectivity index (χ0v) is 11.7. The van der Waals surface area contributed by atoms with Crippen LogP contribution in [0.25, 0.3) is 0 Å². The van der Waals surface area contributed by atoms with Gasteiger partial charge >= 0.3 is 6.01 Å².